The van der Waals surface area contributed by atoms with Gasteiger partial charge in [-0.25, -0.2) is 13.4 Å². The molecule has 0 saturated heterocycles. The van der Waals surface area contributed by atoms with Gasteiger partial charge in [0, 0.05) is 35.6 Å². The van der Waals surface area contributed by atoms with Crippen LogP contribution < -0.4 is 10.6 Å². The van der Waals surface area contributed by atoms with E-state index in [9.17, 15) is 13.2 Å². The van der Waals surface area contributed by atoms with Crippen LogP contribution in [0.1, 0.15) is 10.4 Å². The molecule has 122 valence electrons. The van der Waals surface area contributed by atoms with Gasteiger partial charge in [-0.15, -0.1) is 0 Å². The molecule has 1 aromatic heterocycles. The summed E-state index contributed by atoms with van der Waals surface area (Å²) in [6.07, 6.45) is 2.64. The normalized spacial score (nSPS) is 11.0. The summed E-state index contributed by atoms with van der Waals surface area (Å²) in [6, 6.07) is 10.1. The van der Waals surface area contributed by atoms with Crippen LogP contribution in [-0.2, 0) is 9.84 Å². The Kier molecular flexibility index (Phi) is 5.73. The van der Waals surface area contributed by atoms with Crippen molar-refractivity contribution < 1.29 is 13.2 Å². The van der Waals surface area contributed by atoms with Gasteiger partial charge < -0.3 is 10.6 Å². The Bertz CT molecular complexity index is 792. The Morgan fingerprint density at radius 1 is 1.17 bits per heavy atom. The molecule has 0 fully saturated rings. The molecule has 1 heterocycles. The summed E-state index contributed by atoms with van der Waals surface area (Å²) in [5.41, 5.74) is 0.558. The third-order valence-electron chi connectivity index (χ3n) is 2.98. The molecular formula is C15H16BrN3O3S. The summed E-state index contributed by atoms with van der Waals surface area (Å²) in [4.78, 5) is 16.1. The molecule has 23 heavy (non-hydrogen) atoms. The SMILES string of the molecule is CS(=O)(=O)c1cccnc1NCCNC(=O)c1ccc(Br)cc1. The van der Waals surface area contributed by atoms with Crippen molar-refractivity contribution in [2.45, 2.75) is 4.90 Å². The van der Waals surface area contributed by atoms with E-state index < -0.39 is 9.84 Å². The highest BCUT2D eigenvalue weighted by molar-refractivity contribution is 9.10. The van der Waals surface area contributed by atoms with Crippen LogP contribution >= 0.6 is 15.9 Å². The number of halogens is 1. The quantitative estimate of drug-likeness (QED) is 0.728. The van der Waals surface area contributed by atoms with Crippen LogP contribution in [0.3, 0.4) is 0 Å². The fourth-order valence-corrected chi connectivity index (χ4v) is 2.95. The predicted molar refractivity (Wildman–Crippen MR) is 92.3 cm³/mol. The van der Waals surface area contributed by atoms with Crippen LogP contribution in [0.2, 0.25) is 0 Å². The van der Waals surface area contributed by atoms with Crippen LogP contribution in [0.5, 0.6) is 0 Å². The number of aromatic nitrogens is 1. The zero-order valence-corrected chi connectivity index (χ0v) is 14.8. The second-order valence-corrected chi connectivity index (χ2v) is 7.71. The number of hydrogen-bond acceptors (Lipinski definition) is 5. The van der Waals surface area contributed by atoms with Crippen LogP contribution in [0, 0.1) is 0 Å². The Hall–Kier alpha value is -1.93. The predicted octanol–water partition coefficient (Wildman–Crippen LogP) is 2.09. The van der Waals surface area contributed by atoms with Gasteiger partial charge in [0.15, 0.2) is 9.84 Å². The molecule has 2 N–H and O–H groups in total. The van der Waals surface area contributed by atoms with E-state index in [4.69, 9.17) is 0 Å². The number of anilines is 1. The van der Waals surface area contributed by atoms with E-state index in [-0.39, 0.29) is 16.6 Å². The molecule has 0 bridgehead atoms. The zero-order chi connectivity index (χ0) is 16.9. The van der Waals surface area contributed by atoms with E-state index in [0.717, 1.165) is 10.7 Å². The largest absolute Gasteiger partial charge is 0.367 e. The third kappa shape index (κ3) is 5.04. The molecule has 1 aromatic carbocycles. The van der Waals surface area contributed by atoms with Crippen molar-refractivity contribution in [1.29, 1.82) is 0 Å². The number of nitrogens with zero attached hydrogens (tertiary/aromatic N) is 1. The number of carbonyl (C=O) groups excluding carboxylic acids is 1. The minimum Gasteiger partial charge on any atom is -0.367 e. The highest BCUT2D eigenvalue weighted by atomic mass is 79.9. The molecule has 6 nitrogen and oxygen atoms in total. The lowest BCUT2D eigenvalue weighted by Gasteiger charge is -2.10. The molecule has 2 aromatic rings. The summed E-state index contributed by atoms with van der Waals surface area (Å²) in [7, 11) is -3.35. The molecule has 1 amide bonds. The minimum absolute atomic E-state index is 0.138. The molecule has 0 unspecified atom stereocenters. The summed E-state index contributed by atoms with van der Waals surface area (Å²) < 4.78 is 24.2. The fourth-order valence-electron chi connectivity index (χ4n) is 1.88. The van der Waals surface area contributed by atoms with Crippen LogP contribution in [-0.4, -0.2) is 38.7 Å². The third-order valence-corrected chi connectivity index (χ3v) is 4.64. The molecular weight excluding hydrogens is 382 g/mol. The first-order chi connectivity index (χ1) is 10.9. The molecule has 0 aliphatic carbocycles. The molecule has 0 aliphatic rings. The van der Waals surface area contributed by atoms with Gasteiger partial charge in [-0.3, -0.25) is 4.79 Å². The van der Waals surface area contributed by atoms with Crippen molar-refractivity contribution in [1.82, 2.24) is 10.3 Å². The summed E-state index contributed by atoms with van der Waals surface area (Å²) in [5, 5.41) is 5.68. The first-order valence-electron chi connectivity index (χ1n) is 6.80. The van der Waals surface area contributed by atoms with E-state index in [1.165, 1.54) is 12.3 Å². The molecule has 0 spiro atoms. The van der Waals surface area contributed by atoms with Gasteiger partial charge in [0.05, 0.1) is 0 Å². The summed E-state index contributed by atoms with van der Waals surface area (Å²) in [6.45, 7) is 0.705. The Labute approximate surface area is 143 Å². The molecule has 0 saturated carbocycles. The van der Waals surface area contributed by atoms with Crippen LogP contribution in [0.4, 0.5) is 5.82 Å². The van der Waals surface area contributed by atoms with Crippen molar-refractivity contribution in [3.8, 4) is 0 Å². The average molecular weight is 398 g/mol. The lowest BCUT2D eigenvalue weighted by Crippen LogP contribution is -2.29. The van der Waals surface area contributed by atoms with Crippen molar-refractivity contribution in [3.05, 3.63) is 52.6 Å². The molecule has 0 atom stereocenters. The van der Waals surface area contributed by atoms with E-state index >= 15 is 0 Å². The molecule has 8 heteroatoms. The van der Waals surface area contributed by atoms with Gasteiger partial charge >= 0.3 is 0 Å². The number of amides is 1. The number of nitrogens with one attached hydrogen (secondary N) is 2. The fraction of sp³-hybridized carbons (Fsp3) is 0.200. The summed E-state index contributed by atoms with van der Waals surface area (Å²) >= 11 is 3.31. The molecule has 2 rings (SSSR count). The lowest BCUT2D eigenvalue weighted by molar-refractivity contribution is 0.0955. The average Bonchev–Trinajstić information content (AvgIpc) is 2.51. The Balaban J connectivity index is 1.89. The zero-order valence-electron chi connectivity index (χ0n) is 12.4. The Morgan fingerprint density at radius 2 is 1.87 bits per heavy atom. The minimum atomic E-state index is -3.35. The first-order valence-corrected chi connectivity index (χ1v) is 9.49. The number of hydrogen-bond donors (Lipinski definition) is 2. The first kappa shape index (κ1) is 17.4. The van der Waals surface area contributed by atoms with E-state index in [1.807, 2.05) is 0 Å². The molecule has 0 radical (unpaired) electrons. The van der Waals surface area contributed by atoms with Crippen LogP contribution in [0.25, 0.3) is 0 Å². The highest BCUT2D eigenvalue weighted by Crippen LogP contribution is 2.17. The van der Waals surface area contributed by atoms with Gasteiger partial charge in [-0.2, -0.15) is 0 Å². The van der Waals surface area contributed by atoms with Crippen molar-refractivity contribution in [2.75, 3.05) is 24.7 Å². The van der Waals surface area contributed by atoms with Crippen molar-refractivity contribution in [3.63, 3.8) is 0 Å². The van der Waals surface area contributed by atoms with E-state index in [2.05, 4.69) is 31.5 Å². The summed E-state index contributed by atoms with van der Waals surface area (Å²) in [5.74, 6) is 0.0940. The van der Waals surface area contributed by atoms with Gasteiger partial charge in [0.2, 0.25) is 0 Å². The highest BCUT2D eigenvalue weighted by Gasteiger charge is 2.13. The maximum Gasteiger partial charge on any atom is 0.251 e. The topological polar surface area (TPSA) is 88.2 Å². The number of benzene rings is 1. The van der Waals surface area contributed by atoms with Gasteiger partial charge in [0.25, 0.3) is 5.91 Å². The molecule has 0 aliphatic heterocycles. The van der Waals surface area contributed by atoms with Crippen molar-refractivity contribution in [2.24, 2.45) is 0 Å². The number of pyridine rings is 1. The smallest absolute Gasteiger partial charge is 0.251 e. The van der Waals surface area contributed by atoms with E-state index in [0.29, 0.717) is 18.7 Å². The van der Waals surface area contributed by atoms with Gasteiger partial charge in [0.1, 0.15) is 10.7 Å². The van der Waals surface area contributed by atoms with E-state index in [1.54, 1.807) is 30.3 Å². The van der Waals surface area contributed by atoms with Gasteiger partial charge in [-0.05, 0) is 36.4 Å². The monoisotopic (exact) mass is 397 g/mol. The number of sulfone groups is 1. The van der Waals surface area contributed by atoms with Crippen LogP contribution in [0.15, 0.2) is 52.0 Å². The van der Waals surface area contributed by atoms with Crippen molar-refractivity contribution >= 4 is 37.5 Å². The number of carbonyl (C=O) groups is 1. The lowest BCUT2D eigenvalue weighted by atomic mass is 10.2. The maximum atomic E-state index is 11.9. The second-order valence-electron chi connectivity index (χ2n) is 4.81. The maximum absolute atomic E-state index is 11.9. The Morgan fingerprint density at radius 3 is 2.52 bits per heavy atom. The number of rotatable bonds is 6. The second kappa shape index (κ2) is 7.56. The van der Waals surface area contributed by atoms with Gasteiger partial charge in [-0.1, -0.05) is 15.9 Å². The standard InChI is InChI=1S/C15H16BrN3O3S/c1-23(21,22)13-3-2-8-17-14(13)18-9-10-19-15(20)11-4-6-12(16)7-5-11/h2-8H,9-10H2,1H3,(H,17,18)(H,19,20).